The lowest BCUT2D eigenvalue weighted by Crippen LogP contribution is -2.50. The minimum Gasteiger partial charge on any atom is -0.444 e. The zero-order valence-electron chi connectivity index (χ0n) is 25.0. The first kappa shape index (κ1) is 30.9. The maximum atomic E-state index is 12.8. The summed E-state index contributed by atoms with van der Waals surface area (Å²) in [6.07, 6.45) is 1.11. The van der Waals surface area contributed by atoms with Gasteiger partial charge in [0.05, 0.1) is 6.04 Å². The van der Waals surface area contributed by atoms with E-state index in [4.69, 9.17) is 15.2 Å². The van der Waals surface area contributed by atoms with Gasteiger partial charge in [-0.15, -0.1) is 5.10 Å². The van der Waals surface area contributed by atoms with Crippen molar-refractivity contribution in [2.75, 3.05) is 36.4 Å². The highest BCUT2D eigenvalue weighted by Gasteiger charge is 2.27. The maximum absolute atomic E-state index is 12.8. The van der Waals surface area contributed by atoms with Crippen molar-refractivity contribution in [3.05, 3.63) is 30.5 Å². The number of piperazine rings is 1. The number of nitrogens with one attached hydrogen (secondary N) is 1. The molecule has 1 fully saturated rings. The lowest BCUT2D eigenvalue weighted by molar-refractivity contribution is -0.117. The number of rotatable bonds is 6. The topological polar surface area (TPSA) is 132 Å². The molecule has 40 heavy (non-hydrogen) atoms. The number of ether oxygens (including phenoxy) is 2. The van der Waals surface area contributed by atoms with Gasteiger partial charge in [-0.1, -0.05) is 26.0 Å². The molecule has 0 saturated carbocycles. The number of aromatic nitrogens is 2. The first-order chi connectivity index (χ1) is 18.5. The molecule has 1 saturated heterocycles. The SMILES string of the molecule is CC(C)C[C@H](N)C(=O)Nc1nn(C(=O)OC(C)(C)C)cc1-c1ccc(N2CCN(C(=O)OC(C)(C)C)CC2)cc1. The highest BCUT2D eigenvalue weighted by atomic mass is 16.6. The van der Waals surface area contributed by atoms with Crippen LogP contribution < -0.4 is 16.0 Å². The molecule has 220 valence electrons. The van der Waals surface area contributed by atoms with E-state index in [1.165, 1.54) is 0 Å². The van der Waals surface area contributed by atoms with E-state index in [1.807, 2.05) is 58.9 Å². The van der Waals surface area contributed by atoms with E-state index in [1.54, 1.807) is 31.9 Å². The molecule has 11 heteroatoms. The van der Waals surface area contributed by atoms with E-state index in [0.717, 1.165) is 15.9 Å². The van der Waals surface area contributed by atoms with Crippen molar-refractivity contribution in [3.8, 4) is 11.1 Å². The van der Waals surface area contributed by atoms with Crippen LogP contribution in [0.15, 0.2) is 30.5 Å². The van der Waals surface area contributed by atoms with Gasteiger partial charge in [-0.2, -0.15) is 4.68 Å². The highest BCUT2D eigenvalue weighted by Crippen LogP contribution is 2.30. The van der Waals surface area contributed by atoms with Crippen molar-refractivity contribution in [1.29, 1.82) is 0 Å². The van der Waals surface area contributed by atoms with E-state index >= 15 is 0 Å². The Hall–Kier alpha value is -3.60. The largest absolute Gasteiger partial charge is 0.444 e. The fourth-order valence-electron chi connectivity index (χ4n) is 4.23. The fraction of sp³-hybridized carbons (Fsp3) is 0.586. The maximum Gasteiger partial charge on any atom is 0.435 e. The van der Waals surface area contributed by atoms with Gasteiger partial charge in [0.15, 0.2) is 5.82 Å². The quantitative estimate of drug-likeness (QED) is 0.523. The predicted molar refractivity (Wildman–Crippen MR) is 155 cm³/mol. The summed E-state index contributed by atoms with van der Waals surface area (Å²) in [5, 5.41) is 7.13. The third-order valence-corrected chi connectivity index (χ3v) is 6.07. The van der Waals surface area contributed by atoms with Gasteiger partial charge in [0.1, 0.15) is 11.2 Å². The molecule has 2 amide bonds. The molecular formula is C29H44N6O5. The number of anilines is 2. The summed E-state index contributed by atoms with van der Waals surface area (Å²) in [6.45, 7) is 17.3. The second-order valence-corrected chi connectivity index (χ2v) is 12.5. The zero-order chi connectivity index (χ0) is 29.8. The van der Waals surface area contributed by atoms with Crippen LogP contribution in [0.2, 0.25) is 0 Å². The first-order valence-corrected chi connectivity index (χ1v) is 13.7. The Morgan fingerprint density at radius 1 is 0.925 bits per heavy atom. The van der Waals surface area contributed by atoms with Crippen molar-refractivity contribution in [2.45, 2.75) is 79.1 Å². The van der Waals surface area contributed by atoms with Gasteiger partial charge in [0.2, 0.25) is 5.91 Å². The smallest absolute Gasteiger partial charge is 0.435 e. The Morgan fingerprint density at radius 3 is 2.00 bits per heavy atom. The number of carbonyl (C=O) groups excluding carboxylic acids is 3. The molecule has 3 rings (SSSR count). The summed E-state index contributed by atoms with van der Waals surface area (Å²) in [5.41, 5.74) is 7.18. The van der Waals surface area contributed by atoms with Gasteiger partial charge in [0, 0.05) is 43.6 Å². The van der Waals surface area contributed by atoms with Gasteiger partial charge < -0.3 is 30.3 Å². The number of hydrogen-bond acceptors (Lipinski definition) is 8. The average molecular weight is 557 g/mol. The third-order valence-electron chi connectivity index (χ3n) is 6.07. The van der Waals surface area contributed by atoms with Crippen LogP contribution in [0, 0.1) is 5.92 Å². The van der Waals surface area contributed by atoms with E-state index in [0.29, 0.717) is 38.2 Å². The van der Waals surface area contributed by atoms with Crippen molar-refractivity contribution < 1.29 is 23.9 Å². The van der Waals surface area contributed by atoms with Gasteiger partial charge in [-0.3, -0.25) is 4.79 Å². The van der Waals surface area contributed by atoms with Crippen LogP contribution in [0.4, 0.5) is 21.1 Å². The van der Waals surface area contributed by atoms with Crippen LogP contribution in [0.3, 0.4) is 0 Å². The Morgan fingerprint density at radius 2 is 1.48 bits per heavy atom. The van der Waals surface area contributed by atoms with E-state index in [2.05, 4.69) is 15.3 Å². The molecule has 1 aliphatic heterocycles. The molecule has 0 spiro atoms. The normalized spacial score (nSPS) is 15.2. The van der Waals surface area contributed by atoms with Crippen molar-refractivity contribution in [1.82, 2.24) is 14.7 Å². The lowest BCUT2D eigenvalue weighted by atomic mass is 10.0. The predicted octanol–water partition coefficient (Wildman–Crippen LogP) is 4.70. The van der Waals surface area contributed by atoms with E-state index in [-0.39, 0.29) is 23.7 Å². The van der Waals surface area contributed by atoms with Crippen molar-refractivity contribution >= 4 is 29.6 Å². The van der Waals surface area contributed by atoms with Crippen LogP contribution in [-0.4, -0.2) is 76.2 Å². The second-order valence-electron chi connectivity index (χ2n) is 12.5. The highest BCUT2D eigenvalue weighted by molar-refractivity contribution is 5.97. The lowest BCUT2D eigenvalue weighted by Gasteiger charge is -2.36. The van der Waals surface area contributed by atoms with Gasteiger partial charge >= 0.3 is 12.2 Å². The summed E-state index contributed by atoms with van der Waals surface area (Å²) >= 11 is 0. The Balaban J connectivity index is 1.78. The number of hydrogen-bond donors (Lipinski definition) is 2. The molecule has 2 aromatic rings. The molecule has 3 N–H and O–H groups in total. The van der Waals surface area contributed by atoms with Crippen LogP contribution >= 0.6 is 0 Å². The number of benzene rings is 1. The molecular weight excluding hydrogens is 512 g/mol. The Bertz CT molecular complexity index is 1180. The minimum atomic E-state index is -0.707. The second kappa shape index (κ2) is 12.3. The van der Waals surface area contributed by atoms with E-state index in [9.17, 15) is 14.4 Å². The fourth-order valence-corrected chi connectivity index (χ4v) is 4.23. The Labute approximate surface area is 237 Å². The van der Waals surface area contributed by atoms with Crippen LogP contribution in [-0.2, 0) is 14.3 Å². The number of nitrogens with two attached hydrogens (primary N) is 1. The monoisotopic (exact) mass is 556 g/mol. The van der Waals surface area contributed by atoms with Crippen molar-refractivity contribution in [2.24, 2.45) is 11.7 Å². The molecule has 1 aromatic carbocycles. The summed E-state index contributed by atoms with van der Waals surface area (Å²) < 4.78 is 12.0. The van der Waals surface area contributed by atoms with Crippen molar-refractivity contribution in [3.63, 3.8) is 0 Å². The van der Waals surface area contributed by atoms with Crippen LogP contribution in [0.1, 0.15) is 61.8 Å². The molecule has 1 aliphatic rings. The zero-order valence-corrected chi connectivity index (χ0v) is 25.0. The van der Waals surface area contributed by atoms with Gasteiger partial charge in [-0.25, -0.2) is 9.59 Å². The summed E-state index contributed by atoms with van der Waals surface area (Å²) in [7, 11) is 0. The standard InChI is InChI=1S/C29H44N6O5/c1-19(2)17-23(30)25(36)31-24-22(18-35(32-24)27(38)40-29(6,7)8)20-9-11-21(12-10-20)33-13-15-34(16-14-33)26(37)39-28(3,4)5/h9-12,18-19,23H,13-17,30H2,1-8H3,(H,31,32,36)/t23-/m0/s1. The molecule has 1 atom stereocenters. The van der Waals surface area contributed by atoms with E-state index < -0.39 is 23.3 Å². The Kier molecular flexibility index (Phi) is 9.50. The molecule has 2 heterocycles. The molecule has 0 aliphatic carbocycles. The number of amides is 2. The minimum absolute atomic E-state index is 0.230. The van der Waals surface area contributed by atoms with Gasteiger partial charge in [-0.05, 0) is 71.6 Å². The summed E-state index contributed by atoms with van der Waals surface area (Å²) in [6, 6.07) is 7.06. The molecule has 0 unspecified atom stereocenters. The number of carbonyl (C=O) groups is 3. The first-order valence-electron chi connectivity index (χ1n) is 13.7. The molecule has 1 aromatic heterocycles. The van der Waals surface area contributed by atoms with Gasteiger partial charge in [0.25, 0.3) is 0 Å². The van der Waals surface area contributed by atoms with Crippen LogP contribution in [0.25, 0.3) is 11.1 Å². The molecule has 0 bridgehead atoms. The summed E-state index contributed by atoms with van der Waals surface area (Å²) in [5.74, 6) is 0.107. The molecule has 11 nitrogen and oxygen atoms in total. The van der Waals surface area contributed by atoms with Crippen LogP contribution in [0.5, 0.6) is 0 Å². The molecule has 0 radical (unpaired) electrons. The third kappa shape index (κ3) is 8.70. The number of nitrogens with zero attached hydrogens (tertiary/aromatic N) is 4. The summed E-state index contributed by atoms with van der Waals surface area (Å²) in [4.78, 5) is 41.9. The average Bonchev–Trinajstić information content (AvgIpc) is 3.25.